The average Bonchev–Trinajstić information content (AvgIpc) is 2.95. The summed E-state index contributed by atoms with van der Waals surface area (Å²) in [4.78, 5) is 3.59. The molecule has 106 valence electrons. The van der Waals surface area contributed by atoms with Crippen LogP contribution in [-0.4, -0.2) is 4.98 Å². The lowest BCUT2D eigenvalue weighted by atomic mass is 10.0. The van der Waals surface area contributed by atoms with E-state index in [1.807, 2.05) is 6.07 Å². The Kier molecular flexibility index (Phi) is 3.01. The number of aromatic amines is 1. The monoisotopic (exact) mass is 285 g/mol. The molecule has 0 saturated heterocycles. The lowest BCUT2D eigenvalue weighted by Gasteiger charge is -2.04. The van der Waals surface area contributed by atoms with Gasteiger partial charge in [0, 0.05) is 23.0 Å². The number of fused-ring (bicyclic) bond motifs is 1. The first-order valence-corrected chi connectivity index (χ1v) is 7.46. The quantitative estimate of drug-likeness (QED) is 0.529. The Bertz CT molecular complexity index is 936. The molecule has 0 aliphatic heterocycles. The summed E-state index contributed by atoms with van der Waals surface area (Å²) >= 11 is 0. The molecule has 4 rings (SSSR count). The van der Waals surface area contributed by atoms with Crippen molar-refractivity contribution in [2.45, 2.75) is 0 Å². The molecule has 0 aliphatic rings. The summed E-state index contributed by atoms with van der Waals surface area (Å²) < 4.78 is 2.17. The number of aromatic nitrogens is 2. The van der Waals surface area contributed by atoms with E-state index in [0.717, 1.165) is 0 Å². The maximum atomic E-state index is 3.59. The molecular weight excluding hydrogens is 268 g/mol. The predicted octanol–water partition coefficient (Wildman–Crippen LogP) is 4.33. The van der Waals surface area contributed by atoms with E-state index < -0.39 is 0 Å². The number of H-pyrrole nitrogens is 1. The van der Waals surface area contributed by atoms with Gasteiger partial charge in [-0.05, 0) is 17.7 Å². The Hall–Kier alpha value is -2.87. The van der Waals surface area contributed by atoms with Gasteiger partial charge < -0.3 is 4.98 Å². The molecule has 0 bridgehead atoms. The minimum atomic E-state index is 1.17. The van der Waals surface area contributed by atoms with E-state index in [1.165, 1.54) is 33.4 Å². The highest BCUT2D eigenvalue weighted by Gasteiger charge is 2.20. The lowest BCUT2D eigenvalue weighted by Crippen LogP contribution is -2.29. The van der Waals surface area contributed by atoms with Gasteiger partial charge in [-0.15, -0.1) is 0 Å². The zero-order valence-corrected chi connectivity index (χ0v) is 12.5. The number of nitrogens with one attached hydrogen (secondary N) is 1. The van der Waals surface area contributed by atoms with E-state index in [9.17, 15) is 0 Å². The summed E-state index contributed by atoms with van der Waals surface area (Å²) in [5, 5.41) is 1.25. The summed E-state index contributed by atoms with van der Waals surface area (Å²) in [6.07, 6.45) is 2.09. The van der Waals surface area contributed by atoms with Gasteiger partial charge in [-0.1, -0.05) is 48.5 Å². The first-order chi connectivity index (χ1) is 10.8. The van der Waals surface area contributed by atoms with Crippen LogP contribution in [0.15, 0.2) is 79.0 Å². The topological polar surface area (TPSA) is 19.7 Å². The molecule has 0 atom stereocenters. The molecule has 0 unspecified atom stereocenters. The van der Waals surface area contributed by atoms with Gasteiger partial charge in [0.25, 0.3) is 0 Å². The van der Waals surface area contributed by atoms with Crippen molar-refractivity contribution in [1.29, 1.82) is 0 Å². The van der Waals surface area contributed by atoms with Crippen molar-refractivity contribution < 1.29 is 4.57 Å². The molecule has 2 aromatic heterocycles. The lowest BCUT2D eigenvalue weighted by molar-refractivity contribution is -0.660. The smallest absolute Gasteiger partial charge is 0.215 e. The first-order valence-electron chi connectivity index (χ1n) is 7.46. The zero-order chi connectivity index (χ0) is 14.9. The number of hydrogen-bond acceptors (Lipinski definition) is 0. The second kappa shape index (κ2) is 5.15. The molecule has 2 heteroatoms. The fraction of sp³-hybridized carbons (Fsp3) is 0.0500. The second-order valence-corrected chi connectivity index (χ2v) is 5.48. The SMILES string of the molecule is C[n+]1ccccc1-c1c(-c2ccccc2)[nH]c2ccccc12. The number of para-hydroxylation sites is 1. The van der Waals surface area contributed by atoms with E-state index in [0.29, 0.717) is 0 Å². The van der Waals surface area contributed by atoms with Crippen LogP contribution in [0.1, 0.15) is 0 Å². The summed E-state index contributed by atoms with van der Waals surface area (Å²) in [5.41, 5.74) is 6.00. The third-order valence-corrected chi connectivity index (χ3v) is 4.08. The highest BCUT2D eigenvalue weighted by atomic mass is 14.9. The van der Waals surface area contributed by atoms with Crippen LogP contribution in [0.4, 0.5) is 0 Å². The molecule has 0 spiro atoms. The molecule has 0 fully saturated rings. The van der Waals surface area contributed by atoms with E-state index >= 15 is 0 Å². The highest BCUT2D eigenvalue weighted by molar-refractivity contribution is 6.02. The highest BCUT2D eigenvalue weighted by Crippen LogP contribution is 2.36. The molecule has 22 heavy (non-hydrogen) atoms. The number of aryl methyl sites for hydroxylation is 1. The van der Waals surface area contributed by atoms with Crippen molar-refractivity contribution in [2.75, 3.05) is 0 Å². The summed E-state index contributed by atoms with van der Waals surface area (Å²) in [6.45, 7) is 0. The number of hydrogen-bond donors (Lipinski definition) is 1. The van der Waals surface area contributed by atoms with Crippen LogP contribution >= 0.6 is 0 Å². The maximum absolute atomic E-state index is 3.59. The van der Waals surface area contributed by atoms with E-state index in [1.54, 1.807) is 0 Å². The minimum Gasteiger partial charge on any atom is -0.354 e. The fourth-order valence-electron chi connectivity index (χ4n) is 3.01. The normalized spacial score (nSPS) is 11.0. The maximum Gasteiger partial charge on any atom is 0.215 e. The van der Waals surface area contributed by atoms with Crippen molar-refractivity contribution in [3.8, 4) is 22.5 Å². The number of rotatable bonds is 2. The van der Waals surface area contributed by atoms with Crippen LogP contribution in [0.2, 0.25) is 0 Å². The molecule has 0 saturated carbocycles. The van der Waals surface area contributed by atoms with E-state index in [2.05, 4.69) is 89.5 Å². The van der Waals surface area contributed by atoms with Gasteiger partial charge in [-0.25, -0.2) is 4.57 Å². The van der Waals surface area contributed by atoms with Gasteiger partial charge in [-0.3, -0.25) is 0 Å². The van der Waals surface area contributed by atoms with Gasteiger partial charge in [0.05, 0.1) is 11.3 Å². The third kappa shape index (κ3) is 2.01. The first kappa shape index (κ1) is 12.8. The third-order valence-electron chi connectivity index (χ3n) is 4.08. The van der Waals surface area contributed by atoms with Crippen molar-refractivity contribution >= 4 is 10.9 Å². The Morgan fingerprint density at radius 2 is 1.50 bits per heavy atom. The van der Waals surface area contributed by atoms with Gasteiger partial charge in [0.2, 0.25) is 5.69 Å². The largest absolute Gasteiger partial charge is 0.354 e. The van der Waals surface area contributed by atoms with Gasteiger partial charge in [0.15, 0.2) is 6.20 Å². The molecule has 0 radical (unpaired) electrons. The van der Waals surface area contributed by atoms with E-state index in [4.69, 9.17) is 0 Å². The predicted molar refractivity (Wildman–Crippen MR) is 90.3 cm³/mol. The molecular formula is C20H17N2+. The molecule has 0 aliphatic carbocycles. The minimum absolute atomic E-state index is 1.17. The molecule has 2 aromatic carbocycles. The van der Waals surface area contributed by atoms with Crippen molar-refractivity contribution in [1.82, 2.24) is 4.98 Å². The van der Waals surface area contributed by atoms with E-state index in [-0.39, 0.29) is 0 Å². The number of benzene rings is 2. The Balaban J connectivity index is 2.10. The van der Waals surface area contributed by atoms with Crippen LogP contribution in [0.25, 0.3) is 33.4 Å². The fourth-order valence-corrected chi connectivity index (χ4v) is 3.01. The van der Waals surface area contributed by atoms with Crippen LogP contribution < -0.4 is 4.57 Å². The van der Waals surface area contributed by atoms with Crippen LogP contribution in [0.5, 0.6) is 0 Å². The van der Waals surface area contributed by atoms with Crippen molar-refractivity contribution in [3.63, 3.8) is 0 Å². The van der Waals surface area contributed by atoms with Crippen LogP contribution in [0.3, 0.4) is 0 Å². The van der Waals surface area contributed by atoms with Gasteiger partial charge >= 0.3 is 0 Å². The zero-order valence-electron chi connectivity index (χ0n) is 12.5. The Morgan fingerprint density at radius 3 is 2.32 bits per heavy atom. The Labute approximate surface area is 129 Å². The van der Waals surface area contributed by atoms with Crippen LogP contribution in [0, 0.1) is 0 Å². The van der Waals surface area contributed by atoms with Gasteiger partial charge in [0.1, 0.15) is 7.05 Å². The number of pyridine rings is 1. The second-order valence-electron chi connectivity index (χ2n) is 5.48. The average molecular weight is 285 g/mol. The Morgan fingerprint density at radius 1 is 0.773 bits per heavy atom. The molecule has 4 aromatic rings. The molecule has 0 amide bonds. The van der Waals surface area contributed by atoms with Crippen molar-refractivity contribution in [2.24, 2.45) is 7.05 Å². The molecule has 2 heterocycles. The van der Waals surface area contributed by atoms with Crippen LogP contribution in [-0.2, 0) is 7.05 Å². The summed E-state index contributed by atoms with van der Waals surface area (Å²) in [5.74, 6) is 0. The molecule has 2 nitrogen and oxygen atoms in total. The standard InChI is InChI=1S/C20H16N2/c1-22-14-8-7-13-18(22)19-16-11-5-6-12-17(16)21-20(19)15-9-3-2-4-10-15/h2-14H,1H3/p+1. The summed E-state index contributed by atoms with van der Waals surface area (Å²) in [6, 6.07) is 25.3. The van der Waals surface area contributed by atoms with Crippen molar-refractivity contribution in [3.05, 3.63) is 79.0 Å². The molecule has 1 N–H and O–H groups in total. The summed E-state index contributed by atoms with van der Waals surface area (Å²) in [7, 11) is 2.09. The number of nitrogens with zero attached hydrogens (tertiary/aromatic N) is 1. The van der Waals surface area contributed by atoms with Gasteiger partial charge in [-0.2, -0.15) is 0 Å².